The third kappa shape index (κ3) is 3.05. The Morgan fingerprint density at radius 3 is 2.60 bits per heavy atom. The number of halogens is 1. The molecule has 1 N–H and O–H groups in total. The fourth-order valence-electron chi connectivity index (χ4n) is 2.69. The first kappa shape index (κ1) is 16.2. The minimum absolute atomic E-state index is 0.147. The Morgan fingerprint density at radius 2 is 1.72 bits per heavy atom. The van der Waals surface area contributed by atoms with Crippen molar-refractivity contribution >= 4 is 60.0 Å². The third-order valence-corrected chi connectivity index (χ3v) is 6.11. The van der Waals surface area contributed by atoms with Gasteiger partial charge in [0.2, 0.25) is 0 Å². The molecule has 0 radical (unpaired) electrons. The quantitative estimate of drug-likeness (QED) is 0.465. The van der Waals surface area contributed by atoms with Gasteiger partial charge < -0.3 is 0 Å². The fraction of sp³-hybridized carbons (Fsp3) is 0. The predicted octanol–water partition coefficient (Wildman–Crippen LogP) is 4.19. The van der Waals surface area contributed by atoms with Crippen molar-refractivity contribution in [2.24, 2.45) is 0 Å². The van der Waals surface area contributed by atoms with Gasteiger partial charge in [0.05, 0.1) is 17.4 Å². The van der Waals surface area contributed by atoms with E-state index >= 15 is 0 Å². The summed E-state index contributed by atoms with van der Waals surface area (Å²) >= 11 is 2.21. The van der Waals surface area contributed by atoms with E-state index in [1.165, 1.54) is 12.4 Å². The van der Waals surface area contributed by atoms with E-state index < -0.39 is 10.0 Å². The Bertz CT molecular complexity index is 1200. The van der Waals surface area contributed by atoms with Crippen LogP contribution >= 0.6 is 22.6 Å². The number of sulfonamides is 1. The van der Waals surface area contributed by atoms with E-state index in [1.54, 1.807) is 24.4 Å². The van der Waals surface area contributed by atoms with Gasteiger partial charge in [0.1, 0.15) is 4.90 Å². The highest BCUT2D eigenvalue weighted by Crippen LogP contribution is 2.26. The van der Waals surface area contributed by atoms with E-state index in [0.29, 0.717) is 11.1 Å². The van der Waals surface area contributed by atoms with Crippen LogP contribution in [0, 0.1) is 3.57 Å². The molecule has 2 aromatic carbocycles. The number of rotatable bonds is 3. The van der Waals surface area contributed by atoms with E-state index in [1.807, 2.05) is 30.3 Å². The summed E-state index contributed by atoms with van der Waals surface area (Å²) in [5.41, 5.74) is 1.26. The van der Waals surface area contributed by atoms with Crippen LogP contribution in [0.3, 0.4) is 0 Å². The van der Waals surface area contributed by atoms with Crippen molar-refractivity contribution in [2.75, 3.05) is 4.72 Å². The molecule has 0 atom stereocenters. The monoisotopic (exact) mass is 461 g/mol. The lowest BCUT2D eigenvalue weighted by Crippen LogP contribution is -2.14. The Morgan fingerprint density at radius 1 is 0.920 bits per heavy atom. The van der Waals surface area contributed by atoms with E-state index in [9.17, 15) is 8.42 Å². The molecule has 5 nitrogen and oxygen atoms in total. The molecule has 25 heavy (non-hydrogen) atoms. The van der Waals surface area contributed by atoms with Gasteiger partial charge in [-0.2, -0.15) is 0 Å². The van der Waals surface area contributed by atoms with Crippen LogP contribution in [0.2, 0.25) is 0 Å². The number of fused-ring (bicyclic) bond motifs is 2. The number of nitrogens with zero attached hydrogens (tertiary/aromatic N) is 2. The molecule has 2 heterocycles. The SMILES string of the molecule is O=S(=O)(Nc1cnc2c(I)cccc2c1)c1cncc2ccccc12. The Hall–Kier alpha value is -2.26. The van der Waals surface area contributed by atoms with Gasteiger partial charge in [-0.3, -0.25) is 14.7 Å². The first-order valence-electron chi connectivity index (χ1n) is 7.44. The molecule has 2 aromatic heterocycles. The van der Waals surface area contributed by atoms with Gasteiger partial charge >= 0.3 is 0 Å². The normalized spacial score (nSPS) is 11.7. The second-order valence-electron chi connectivity index (χ2n) is 5.50. The van der Waals surface area contributed by atoms with Crippen molar-refractivity contribution in [3.05, 3.63) is 70.7 Å². The zero-order valence-electron chi connectivity index (χ0n) is 12.8. The standard InChI is InChI=1S/C18H12IN3O2S/c19-16-7-3-5-12-8-14(10-21-18(12)16)22-25(23,24)17-11-20-9-13-4-1-2-6-15(13)17/h1-11,22H. The molecule has 0 spiro atoms. The van der Waals surface area contributed by atoms with Gasteiger partial charge in [-0.25, -0.2) is 8.42 Å². The summed E-state index contributed by atoms with van der Waals surface area (Å²) in [5, 5.41) is 2.29. The summed E-state index contributed by atoms with van der Waals surface area (Å²) in [6.07, 6.45) is 4.54. The maximum atomic E-state index is 12.8. The van der Waals surface area contributed by atoms with E-state index in [0.717, 1.165) is 19.9 Å². The highest BCUT2D eigenvalue weighted by atomic mass is 127. The van der Waals surface area contributed by atoms with Crippen LogP contribution in [0.15, 0.2) is 72.0 Å². The summed E-state index contributed by atoms with van der Waals surface area (Å²) in [6.45, 7) is 0. The van der Waals surface area contributed by atoms with Crippen LogP contribution in [0.5, 0.6) is 0 Å². The van der Waals surface area contributed by atoms with Crippen molar-refractivity contribution < 1.29 is 8.42 Å². The molecule has 0 aliphatic rings. The zero-order chi connectivity index (χ0) is 17.4. The summed E-state index contributed by atoms with van der Waals surface area (Å²) in [6, 6.07) is 14.8. The molecule has 0 saturated heterocycles. The fourth-order valence-corrected chi connectivity index (χ4v) is 4.56. The molecule has 124 valence electrons. The van der Waals surface area contributed by atoms with Gasteiger partial charge in [0.15, 0.2) is 0 Å². The summed E-state index contributed by atoms with van der Waals surface area (Å²) in [5.74, 6) is 0. The third-order valence-electron chi connectivity index (χ3n) is 3.84. The first-order chi connectivity index (χ1) is 12.0. The van der Waals surface area contributed by atoms with Crippen LogP contribution in [-0.2, 0) is 10.0 Å². The molecule has 0 aliphatic heterocycles. The Balaban J connectivity index is 1.79. The zero-order valence-corrected chi connectivity index (χ0v) is 15.8. The van der Waals surface area contributed by atoms with Gasteiger partial charge in [0, 0.05) is 32.1 Å². The van der Waals surface area contributed by atoms with Gasteiger partial charge in [-0.15, -0.1) is 0 Å². The Kier molecular flexibility index (Phi) is 4.04. The van der Waals surface area contributed by atoms with Crippen molar-refractivity contribution in [1.82, 2.24) is 9.97 Å². The minimum Gasteiger partial charge on any atom is -0.278 e. The summed E-state index contributed by atoms with van der Waals surface area (Å²) in [4.78, 5) is 8.56. The maximum Gasteiger partial charge on any atom is 0.264 e. The van der Waals surface area contributed by atoms with Crippen LogP contribution in [0.4, 0.5) is 5.69 Å². The molecule has 0 aliphatic carbocycles. The van der Waals surface area contributed by atoms with Crippen LogP contribution in [-0.4, -0.2) is 18.4 Å². The van der Waals surface area contributed by atoms with E-state index in [4.69, 9.17) is 0 Å². The highest BCUT2D eigenvalue weighted by Gasteiger charge is 2.18. The average Bonchev–Trinajstić information content (AvgIpc) is 2.61. The van der Waals surface area contributed by atoms with Crippen LogP contribution in [0.1, 0.15) is 0 Å². The number of anilines is 1. The summed E-state index contributed by atoms with van der Waals surface area (Å²) < 4.78 is 29.3. The minimum atomic E-state index is -3.77. The lowest BCUT2D eigenvalue weighted by atomic mass is 10.2. The topological polar surface area (TPSA) is 72.0 Å². The number of aromatic nitrogens is 2. The Labute approximate surface area is 158 Å². The lowest BCUT2D eigenvalue weighted by molar-refractivity contribution is 0.601. The molecular formula is C18H12IN3O2S. The molecule has 0 amide bonds. The van der Waals surface area contributed by atoms with Crippen molar-refractivity contribution in [2.45, 2.75) is 4.90 Å². The number of para-hydroxylation sites is 1. The van der Waals surface area contributed by atoms with E-state index in [-0.39, 0.29) is 4.90 Å². The number of pyridine rings is 2. The number of hydrogen-bond donors (Lipinski definition) is 1. The molecule has 0 unspecified atom stereocenters. The van der Waals surface area contributed by atoms with Gasteiger partial charge in [-0.05, 0) is 34.7 Å². The van der Waals surface area contributed by atoms with E-state index in [2.05, 4.69) is 37.3 Å². The smallest absolute Gasteiger partial charge is 0.264 e. The summed E-state index contributed by atoms with van der Waals surface area (Å²) in [7, 11) is -3.77. The molecule has 0 fully saturated rings. The van der Waals surface area contributed by atoms with Crippen molar-refractivity contribution in [1.29, 1.82) is 0 Å². The molecule has 4 aromatic rings. The highest BCUT2D eigenvalue weighted by molar-refractivity contribution is 14.1. The van der Waals surface area contributed by atoms with Crippen molar-refractivity contribution in [3.8, 4) is 0 Å². The molecule has 0 saturated carbocycles. The lowest BCUT2D eigenvalue weighted by Gasteiger charge is -2.10. The van der Waals surface area contributed by atoms with Crippen molar-refractivity contribution in [3.63, 3.8) is 0 Å². The largest absolute Gasteiger partial charge is 0.278 e. The molecule has 4 rings (SSSR count). The van der Waals surface area contributed by atoms with Gasteiger partial charge in [-0.1, -0.05) is 36.4 Å². The second kappa shape index (κ2) is 6.23. The molecule has 7 heteroatoms. The number of benzene rings is 2. The maximum absolute atomic E-state index is 12.8. The molecular weight excluding hydrogens is 449 g/mol. The molecule has 0 bridgehead atoms. The predicted molar refractivity (Wildman–Crippen MR) is 107 cm³/mol. The van der Waals surface area contributed by atoms with Crippen LogP contribution < -0.4 is 4.72 Å². The van der Waals surface area contributed by atoms with Gasteiger partial charge in [0.25, 0.3) is 10.0 Å². The average molecular weight is 461 g/mol. The number of hydrogen-bond acceptors (Lipinski definition) is 4. The number of nitrogens with one attached hydrogen (secondary N) is 1. The second-order valence-corrected chi connectivity index (χ2v) is 8.31. The van der Waals surface area contributed by atoms with Crippen LogP contribution in [0.25, 0.3) is 21.7 Å². The first-order valence-corrected chi connectivity index (χ1v) is 10.0.